The molecule has 1 aliphatic heterocycles. The second-order valence-electron chi connectivity index (χ2n) is 10.4. The number of halogens is 1. The highest BCUT2D eigenvalue weighted by Crippen LogP contribution is 2.36. The van der Waals surface area contributed by atoms with E-state index in [1.807, 2.05) is 56.3 Å². The molecule has 0 atom stereocenters. The average Bonchev–Trinajstić information content (AvgIpc) is 3.45. The summed E-state index contributed by atoms with van der Waals surface area (Å²) < 4.78 is 7.30. The molecule has 1 N–H and O–H groups in total. The van der Waals surface area contributed by atoms with Crippen LogP contribution < -0.4 is 5.32 Å². The SMILES string of the molecule is CCCCOC(=O)c1cc(NC(=O)CN2C(=O)S/C(=C\c3c(C)n(Cc4ccccc4C#N)c4ccccc34)C2=O)ccc1Cl. The molecule has 0 aliphatic carbocycles. The van der Waals surface area contributed by atoms with Crippen molar-refractivity contribution in [2.75, 3.05) is 18.5 Å². The first-order chi connectivity index (χ1) is 21.7. The van der Waals surface area contributed by atoms with Crippen molar-refractivity contribution in [3.63, 3.8) is 0 Å². The maximum atomic E-state index is 13.4. The van der Waals surface area contributed by atoms with Crippen LogP contribution >= 0.6 is 23.4 Å². The Bertz CT molecular complexity index is 1910. The topological polar surface area (TPSA) is 122 Å². The summed E-state index contributed by atoms with van der Waals surface area (Å²) in [5.74, 6) is -1.80. The molecule has 0 unspecified atom stereocenters. The van der Waals surface area contributed by atoms with E-state index in [1.54, 1.807) is 12.1 Å². The highest BCUT2D eigenvalue weighted by molar-refractivity contribution is 8.18. The van der Waals surface area contributed by atoms with Crippen molar-refractivity contribution >= 4 is 69.1 Å². The Kier molecular flexibility index (Phi) is 9.71. The Morgan fingerprint density at radius 1 is 1.09 bits per heavy atom. The summed E-state index contributed by atoms with van der Waals surface area (Å²) in [7, 11) is 0. The van der Waals surface area contributed by atoms with Crippen LogP contribution in [0.3, 0.4) is 0 Å². The van der Waals surface area contributed by atoms with Crippen molar-refractivity contribution in [1.82, 2.24) is 9.47 Å². The van der Waals surface area contributed by atoms with Crippen molar-refractivity contribution in [3.05, 3.63) is 105 Å². The van der Waals surface area contributed by atoms with Crippen LogP contribution in [0.1, 0.15) is 52.5 Å². The number of nitrogens with zero attached hydrogens (tertiary/aromatic N) is 3. The lowest BCUT2D eigenvalue weighted by molar-refractivity contribution is -0.127. The van der Waals surface area contributed by atoms with Gasteiger partial charge < -0.3 is 14.6 Å². The van der Waals surface area contributed by atoms with E-state index < -0.39 is 29.6 Å². The number of amides is 3. The molecule has 5 rings (SSSR count). The summed E-state index contributed by atoms with van der Waals surface area (Å²) in [6.45, 7) is 4.10. The summed E-state index contributed by atoms with van der Waals surface area (Å²) >= 11 is 6.93. The van der Waals surface area contributed by atoms with Crippen molar-refractivity contribution in [2.45, 2.75) is 33.2 Å². The van der Waals surface area contributed by atoms with Crippen LogP contribution in [0.2, 0.25) is 5.02 Å². The van der Waals surface area contributed by atoms with Crippen molar-refractivity contribution in [3.8, 4) is 6.07 Å². The van der Waals surface area contributed by atoms with Crippen LogP contribution in [0, 0.1) is 18.3 Å². The predicted molar refractivity (Wildman–Crippen MR) is 175 cm³/mol. The molecular weight excluding hydrogens is 612 g/mol. The zero-order chi connectivity index (χ0) is 32.1. The molecule has 3 amide bonds. The van der Waals surface area contributed by atoms with Crippen LogP contribution in [0.15, 0.2) is 71.6 Å². The predicted octanol–water partition coefficient (Wildman–Crippen LogP) is 7.16. The largest absolute Gasteiger partial charge is 0.462 e. The van der Waals surface area contributed by atoms with E-state index in [-0.39, 0.29) is 27.8 Å². The molecule has 11 heteroatoms. The number of esters is 1. The number of imide groups is 1. The highest BCUT2D eigenvalue weighted by atomic mass is 35.5. The van der Waals surface area contributed by atoms with Crippen LogP contribution in [0.25, 0.3) is 17.0 Å². The number of rotatable bonds is 10. The van der Waals surface area contributed by atoms with Crippen LogP contribution in [0.5, 0.6) is 0 Å². The number of unbranched alkanes of at least 4 members (excludes halogenated alkanes) is 1. The first-order valence-electron chi connectivity index (χ1n) is 14.3. The number of para-hydroxylation sites is 1. The number of aromatic nitrogens is 1. The van der Waals surface area contributed by atoms with E-state index in [4.69, 9.17) is 16.3 Å². The smallest absolute Gasteiger partial charge is 0.339 e. The van der Waals surface area contributed by atoms with Crippen LogP contribution in [-0.2, 0) is 20.9 Å². The summed E-state index contributed by atoms with van der Waals surface area (Å²) in [6.07, 6.45) is 3.26. The number of nitriles is 1. The second-order valence-corrected chi connectivity index (χ2v) is 11.8. The van der Waals surface area contributed by atoms with Gasteiger partial charge in [-0.25, -0.2) is 4.79 Å². The molecule has 0 bridgehead atoms. The van der Waals surface area contributed by atoms with Gasteiger partial charge in [0, 0.05) is 34.4 Å². The fourth-order valence-electron chi connectivity index (χ4n) is 5.04. The Morgan fingerprint density at radius 2 is 1.84 bits per heavy atom. The third kappa shape index (κ3) is 6.80. The van der Waals surface area contributed by atoms with Gasteiger partial charge in [-0.2, -0.15) is 5.26 Å². The Morgan fingerprint density at radius 3 is 2.62 bits per heavy atom. The molecular formula is C34H29ClN4O5S. The maximum absolute atomic E-state index is 13.4. The molecule has 1 saturated heterocycles. The average molecular weight is 641 g/mol. The van der Waals surface area contributed by atoms with Gasteiger partial charge in [-0.3, -0.25) is 19.3 Å². The highest BCUT2D eigenvalue weighted by Gasteiger charge is 2.36. The minimum Gasteiger partial charge on any atom is -0.462 e. The minimum atomic E-state index is -0.616. The summed E-state index contributed by atoms with van der Waals surface area (Å²) in [5.41, 5.74) is 4.38. The molecule has 3 aromatic carbocycles. The monoisotopic (exact) mass is 640 g/mol. The van der Waals surface area contributed by atoms with E-state index in [1.165, 1.54) is 18.2 Å². The first-order valence-corrected chi connectivity index (χ1v) is 15.5. The normalized spacial score (nSPS) is 13.8. The van der Waals surface area contributed by atoms with Gasteiger partial charge >= 0.3 is 5.97 Å². The maximum Gasteiger partial charge on any atom is 0.339 e. The summed E-state index contributed by atoms with van der Waals surface area (Å²) in [4.78, 5) is 52.6. The molecule has 0 radical (unpaired) electrons. The Hall–Kier alpha value is -4.85. The number of ether oxygens (including phenoxy) is 1. The van der Waals surface area contributed by atoms with Crippen molar-refractivity contribution < 1.29 is 23.9 Å². The summed E-state index contributed by atoms with van der Waals surface area (Å²) in [5, 5.41) is 12.7. The fraction of sp³-hybridized carbons (Fsp3) is 0.206. The molecule has 9 nitrogen and oxygen atoms in total. The third-order valence-corrected chi connectivity index (χ3v) is 8.63. The second kappa shape index (κ2) is 13.8. The third-order valence-electron chi connectivity index (χ3n) is 7.40. The first kappa shape index (κ1) is 31.6. The number of carbonyl (C=O) groups excluding carboxylic acids is 4. The van der Waals surface area contributed by atoms with Gasteiger partial charge in [0.2, 0.25) is 5.91 Å². The molecule has 4 aromatic rings. The van der Waals surface area contributed by atoms with E-state index in [0.29, 0.717) is 18.5 Å². The quantitative estimate of drug-likeness (QED) is 0.111. The van der Waals surface area contributed by atoms with E-state index >= 15 is 0 Å². The molecule has 1 fully saturated rings. The lowest BCUT2D eigenvalue weighted by atomic mass is 10.1. The number of nitrogens with one attached hydrogen (secondary N) is 1. The number of carbonyl (C=O) groups is 4. The Balaban J connectivity index is 1.34. The van der Waals surface area contributed by atoms with Gasteiger partial charge in [0.15, 0.2) is 0 Å². The van der Waals surface area contributed by atoms with Crippen molar-refractivity contribution in [1.29, 1.82) is 5.26 Å². The number of anilines is 1. The molecule has 228 valence electrons. The van der Waals surface area contributed by atoms with Crippen LogP contribution in [0.4, 0.5) is 10.5 Å². The molecule has 1 aliphatic rings. The van der Waals surface area contributed by atoms with Gasteiger partial charge in [0.25, 0.3) is 11.1 Å². The Labute approximate surface area is 269 Å². The van der Waals surface area contributed by atoms with Gasteiger partial charge in [0.1, 0.15) is 6.54 Å². The number of hydrogen-bond acceptors (Lipinski definition) is 7. The zero-order valence-corrected chi connectivity index (χ0v) is 26.2. The fourth-order valence-corrected chi connectivity index (χ4v) is 6.05. The summed E-state index contributed by atoms with van der Waals surface area (Å²) in [6, 6.07) is 21.7. The van der Waals surface area contributed by atoms with Crippen LogP contribution in [-0.4, -0.2) is 45.6 Å². The molecule has 0 saturated carbocycles. The van der Waals surface area contributed by atoms with Gasteiger partial charge in [-0.15, -0.1) is 0 Å². The zero-order valence-electron chi connectivity index (χ0n) is 24.6. The van der Waals surface area contributed by atoms with Gasteiger partial charge in [-0.05, 0) is 67.1 Å². The number of hydrogen-bond donors (Lipinski definition) is 1. The van der Waals surface area contributed by atoms with Gasteiger partial charge in [0.05, 0.1) is 33.7 Å². The molecule has 45 heavy (non-hydrogen) atoms. The minimum absolute atomic E-state index is 0.102. The number of fused-ring (bicyclic) bond motifs is 1. The standard InChI is InChI=1S/C34H29ClN4O5S/c1-3-4-15-44-33(42)27-16-24(13-14-28(27)35)37-31(40)20-39-32(41)30(45-34(39)43)17-26-21(2)38(29-12-8-7-11-25(26)29)19-23-10-6-5-9-22(23)18-36/h5-14,16-17H,3-4,15,19-20H2,1-2H3,(H,37,40)/b30-17-. The number of thioether (sulfide) groups is 1. The van der Waals surface area contributed by atoms with E-state index in [2.05, 4.69) is 16.0 Å². The van der Waals surface area contributed by atoms with E-state index in [9.17, 15) is 24.4 Å². The lowest BCUT2D eigenvalue weighted by Gasteiger charge is -2.13. The lowest BCUT2D eigenvalue weighted by Crippen LogP contribution is -2.36. The number of benzene rings is 3. The van der Waals surface area contributed by atoms with E-state index in [0.717, 1.165) is 50.8 Å². The molecule has 1 aromatic heterocycles. The van der Waals surface area contributed by atoms with Gasteiger partial charge in [-0.1, -0.05) is 61.3 Å². The molecule has 0 spiro atoms. The van der Waals surface area contributed by atoms with Crippen molar-refractivity contribution in [2.24, 2.45) is 0 Å². The molecule has 2 heterocycles.